The summed E-state index contributed by atoms with van der Waals surface area (Å²) < 4.78 is 28.8. The van der Waals surface area contributed by atoms with Crippen molar-refractivity contribution in [3.05, 3.63) is 95.1 Å². The van der Waals surface area contributed by atoms with Crippen molar-refractivity contribution >= 4 is 27.5 Å². The van der Waals surface area contributed by atoms with Gasteiger partial charge in [0.05, 0.1) is 10.6 Å². The molecule has 3 aromatic rings. The molecule has 0 aliphatic carbocycles. The van der Waals surface area contributed by atoms with Crippen molar-refractivity contribution in [3.63, 3.8) is 0 Å². The van der Waals surface area contributed by atoms with Crippen LogP contribution >= 0.6 is 0 Å². The highest BCUT2D eigenvalue weighted by atomic mass is 32.2. The number of aryl methyl sites for hydroxylation is 3. The molecule has 0 aromatic heterocycles. The Balaban J connectivity index is 2.03. The average molecular weight is 550 g/mol. The molecule has 8 heteroatoms. The maximum absolute atomic E-state index is 14.0. The van der Waals surface area contributed by atoms with Gasteiger partial charge in [-0.25, -0.2) is 8.42 Å². The predicted octanol–water partition coefficient (Wildman–Crippen LogP) is 5.14. The summed E-state index contributed by atoms with van der Waals surface area (Å²) in [6.07, 6.45) is 0.750. The monoisotopic (exact) mass is 549 g/mol. The van der Waals surface area contributed by atoms with Crippen molar-refractivity contribution in [1.82, 2.24) is 10.2 Å². The van der Waals surface area contributed by atoms with Gasteiger partial charge in [0.25, 0.3) is 10.0 Å². The number of nitrogens with one attached hydrogen (secondary N) is 1. The van der Waals surface area contributed by atoms with E-state index in [0.717, 1.165) is 33.0 Å². The first kappa shape index (κ1) is 29.9. The predicted molar refractivity (Wildman–Crippen MR) is 156 cm³/mol. The Morgan fingerprint density at radius 2 is 1.51 bits per heavy atom. The Labute approximate surface area is 232 Å². The summed E-state index contributed by atoms with van der Waals surface area (Å²) in [7, 11) is -4.07. The Bertz CT molecular complexity index is 1390. The van der Waals surface area contributed by atoms with Crippen LogP contribution in [-0.2, 0) is 26.2 Å². The van der Waals surface area contributed by atoms with Crippen molar-refractivity contribution in [1.29, 1.82) is 0 Å². The summed E-state index contributed by atoms with van der Waals surface area (Å²) in [5.74, 6) is -0.756. The lowest BCUT2D eigenvalue weighted by molar-refractivity contribution is -0.139. The Hall–Kier alpha value is -3.65. The fourth-order valence-electron chi connectivity index (χ4n) is 4.07. The fourth-order valence-corrected chi connectivity index (χ4v) is 5.49. The molecular formula is C31H39N3O4S. The molecule has 0 heterocycles. The summed E-state index contributed by atoms with van der Waals surface area (Å²) in [5.41, 5.74) is 4.24. The molecule has 0 bridgehead atoms. The Morgan fingerprint density at radius 3 is 2.10 bits per heavy atom. The molecule has 0 spiro atoms. The second-order valence-electron chi connectivity index (χ2n) is 10.1. The zero-order valence-corrected chi connectivity index (χ0v) is 24.5. The van der Waals surface area contributed by atoms with Crippen LogP contribution in [0.25, 0.3) is 0 Å². The van der Waals surface area contributed by atoms with Crippen LogP contribution in [0.4, 0.5) is 5.69 Å². The van der Waals surface area contributed by atoms with Gasteiger partial charge in [-0.15, -0.1) is 0 Å². The number of benzene rings is 3. The lowest BCUT2D eigenvalue weighted by Crippen LogP contribution is -2.52. The highest BCUT2D eigenvalue weighted by molar-refractivity contribution is 7.92. The van der Waals surface area contributed by atoms with Crippen LogP contribution in [-0.4, -0.2) is 43.8 Å². The summed E-state index contributed by atoms with van der Waals surface area (Å²) in [6, 6.07) is 20.2. The summed E-state index contributed by atoms with van der Waals surface area (Å²) >= 11 is 0. The van der Waals surface area contributed by atoms with Crippen LogP contribution in [0.5, 0.6) is 0 Å². The molecule has 7 nitrogen and oxygen atoms in total. The van der Waals surface area contributed by atoms with Crippen LogP contribution in [0.3, 0.4) is 0 Å². The molecule has 2 amide bonds. The number of carbonyl (C=O) groups excluding carboxylic acids is 2. The number of anilines is 1. The summed E-state index contributed by atoms with van der Waals surface area (Å²) in [4.78, 5) is 28.6. The molecule has 0 fully saturated rings. The first-order valence-electron chi connectivity index (χ1n) is 13.2. The van der Waals surface area contributed by atoms with E-state index in [1.54, 1.807) is 37.3 Å². The molecule has 208 valence electrons. The van der Waals surface area contributed by atoms with Crippen molar-refractivity contribution in [2.75, 3.05) is 10.8 Å². The van der Waals surface area contributed by atoms with Gasteiger partial charge in [-0.2, -0.15) is 0 Å². The summed E-state index contributed by atoms with van der Waals surface area (Å²) in [6.45, 7) is 11.1. The molecule has 1 N–H and O–H groups in total. The number of carbonyl (C=O) groups is 2. The van der Waals surface area contributed by atoms with Gasteiger partial charge in [0.2, 0.25) is 11.8 Å². The van der Waals surface area contributed by atoms with Gasteiger partial charge in [-0.3, -0.25) is 13.9 Å². The molecule has 0 radical (unpaired) electrons. The van der Waals surface area contributed by atoms with Crippen LogP contribution < -0.4 is 9.62 Å². The van der Waals surface area contributed by atoms with Crippen molar-refractivity contribution in [3.8, 4) is 0 Å². The fraction of sp³-hybridized carbons (Fsp3) is 0.355. The maximum atomic E-state index is 14.0. The van der Waals surface area contributed by atoms with Crippen LogP contribution in [0.15, 0.2) is 77.7 Å². The topological polar surface area (TPSA) is 86.8 Å². The van der Waals surface area contributed by atoms with Crippen LogP contribution in [0, 0.1) is 20.8 Å². The average Bonchev–Trinajstić information content (AvgIpc) is 2.92. The standard InChI is InChI=1S/C31H39N3O4S/c1-7-25(5)32-31(36)26(6)33(20-27-16-13-22(2)14-17-27)30(35)21-34(28-18-15-23(3)24(4)19-28)39(37,38)29-11-9-8-10-12-29/h8-19,25-26H,7,20-21H2,1-6H3,(H,32,36)/t25-,26+/m1/s1. The minimum absolute atomic E-state index is 0.0539. The lowest BCUT2D eigenvalue weighted by Gasteiger charge is -2.32. The van der Waals surface area contributed by atoms with Gasteiger partial charge in [-0.05, 0) is 82.0 Å². The quantitative estimate of drug-likeness (QED) is 0.359. The third kappa shape index (κ3) is 7.47. The number of sulfonamides is 1. The van der Waals surface area contributed by atoms with E-state index in [0.29, 0.717) is 5.69 Å². The molecule has 0 aliphatic heterocycles. The number of hydrogen-bond acceptors (Lipinski definition) is 4. The first-order valence-corrected chi connectivity index (χ1v) is 14.7. The van der Waals surface area contributed by atoms with E-state index in [-0.39, 0.29) is 23.4 Å². The third-order valence-corrected chi connectivity index (χ3v) is 8.82. The zero-order chi connectivity index (χ0) is 28.7. The minimum Gasteiger partial charge on any atom is -0.352 e. The minimum atomic E-state index is -4.07. The van der Waals surface area contributed by atoms with E-state index in [1.165, 1.54) is 17.0 Å². The van der Waals surface area contributed by atoms with Gasteiger partial charge in [0, 0.05) is 12.6 Å². The van der Waals surface area contributed by atoms with Gasteiger partial charge in [-0.1, -0.05) is 61.0 Å². The highest BCUT2D eigenvalue weighted by Gasteiger charge is 2.32. The third-order valence-electron chi connectivity index (χ3n) is 7.03. The van der Waals surface area contributed by atoms with E-state index in [9.17, 15) is 18.0 Å². The first-order chi connectivity index (χ1) is 18.4. The van der Waals surface area contributed by atoms with E-state index in [1.807, 2.05) is 65.0 Å². The Kier molecular flexibility index (Phi) is 9.92. The molecule has 0 saturated heterocycles. The van der Waals surface area contributed by atoms with E-state index < -0.39 is 28.5 Å². The van der Waals surface area contributed by atoms with Crippen molar-refractivity contribution in [2.45, 2.75) is 71.5 Å². The van der Waals surface area contributed by atoms with E-state index in [2.05, 4.69) is 5.32 Å². The molecule has 2 atom stereocenters. The number of amides is 2. The number of nitrogens with zero attached hydrogens (tertiary/aromatic N) is 2. The van der Waals surface area contributed by atoms with Crippen molar-refractivity contribution in [2.24, 2.45) is 0 Å². The zero-order valence-electron chi connectivity index (χ0n) is 23.6. The smallest absolute Gasteiger partial charge is 0.264 e. The molecule has 0 saturated carbocycles. The van der Waals surface area contributed by atoms with Crippen LogP contribution in [0.2, 0.25) is 0 Å². The molecule has 0 aliphatic rings. The Morgan fingerprint density at radius 1 is 0.872 bits per heavy atom. The number of hydrogen-bond donors (Lipinski definition) is 1. The molecular weight excluding hydrogens is 510 g/mol. The van der Waals surface area contributed by atoms with Gasteiger partial charge in [0.15, 0.2) is 0 Å². The maximum Gasteiger partial charge on any atom is 0.264 e. The highest BCUT2D eigenvalue weighted by Crippen LogP contribution is 2.26. The van der Waals surface area contributed by atoms with E-state index in [4.69, 9.17) is 0 Å². The van der Waals surface area contributed by atoms with Gasteiger partial charge >= 0.3 is 0 Å². The van der Waals surface area contributed by atoms with Crippen molar-refractivity contribution < 1.29 is 18.0 Å². The second kappa shape index (κ2) is 12.9. The molecule has 0 unspecified atom stereocenters. The molecule has 39 heavy (non-hydrogen) atoms. The molecule has 3 rings (SSSR count). The summed E-state index contributed by atoms with van der Waals surface area (Å²) in [5, 5.41) is 2.95. The number of rotatable bonds is 11. The SMILES string of the molecule is CC[C@@H](C)NC(=O)[C@H](C)N(Cc1ccc(C)cc1)C(=O)CN(c1ccc(C)c(C)c1)S(=O)(=O)c1ccccc1. The van der Waals surface area contributed by atoms with Gasteiger partial charge < -0.3 is 10.2 Å². The second-order valence-corrected chi connectivity index (χ2v) is 12.0. The largest absolute Gasteiger partial charge is 0.352 e. The normalized spacial score (nSPS) is 12.9. The van der Waals surface area contributed by atoms with Crippen LogP contribution in [0.1, 0.15) is 49.4 Å². The lowest BCUT2D eigenvalue weighted by atomic mass is 10.1. The van der Waals surface area contributed by atoms with Gasteiger partial charge in [0.1, 0.15) is 12.6 Å². The van der Waals surface area contributed by atoms with E-state index >= 15 is 0 Å². The molecule has 3 aromatic carbocycles.